The Morgan fingerprint density at radius 2 is 2.09 bits per heavy atom. The summed E-state index contributed by atoms with van der Waals surface area (Å²) in [6.45, 7) is 1.24. The summed E-state index contributed by atoms with van der Waals surface area (Å²) < 4.78 is 13.1. The fraction of sp³-hybridized carbons (Fsp3) is 0.438. The van der Waals surface area contributed by atoms with Crippen LogP contribution >= 0.6 is 0 Å². The monoisotopic (exact) mass is 376 g/mol. The summed E-state index contributed by atoms with van der Waals surface area (Å²) in [5.41, 5.74) is -0.202. The molecule has 114 valence electrons. The van der Waals surface area contributed by atoms with Crippen molar-refractivity contribution in [2.24, 2.45) is 0 Å². The van der Waals surface area contributed by atoms with Gasteiger partial charge in [-0.1, -0.05) is 19.3 Å². The van der Waals surface area contributed by atoms with Crippen LogP contribution in [0.1, 0.15) is 50.3 Å². The number of H-pyrrole nitrogens is 1. The summed E-state index contributed by atoms with van der Waals surface area (Å²) in [7, 11) is 0. The summed E-state index contributed by atoms with van der Waals surface area (Å²) in [6.07, 6.45) is 11.6. The van der Waals surface area contributed by atoms with Crippen LogP contribution in [0, 0.1) is 0 Å². The molecular weight excluding hydrogens is 357 g/mol. The number of aromatic nitrogens is 1. The molecule has 0 atom stereocenters. The maximum absolute atomic E-state index is 13.1. The van der Waals surface area contributed by atoms with E-state index in [1.54, 1.807) is 12.3 Å². The molecule has 1 aromatic heterocycles. The van der Waals surface area contributed by atoms with E-state index >= 15 is 0 Å². The number of rotatable bonds is 4. The van der Waals surface area contributed by atoms with Crippen LogP contribution in [0.4, 0.5) is 4.39 Å². The Morgan fingerprint density at radius 1 is 1.41 bits per heavy atom. The van der Waals surface area contributed by atoms with E-state index in [2.05, 4.69) is 10.3 Å². The van der Waals surface area contributed by atoms with Crippen LogP contribution in [0.15, 0.2) is 23.0 Å². The number of hydrogen-bond donors (Lipinski definition) is 2. The van der Waals surface area contributed by atoms with Crippen LogP contribution < -0.4 is 74.0 Å². The molecule has 2 rings (SSSR count). The van der Waals surface area contributed by atoms with Gasteiger partial charge in [0.2, 0.25) is 0 Å². The second-order valence-corrected chi connectivity index (χ2v) is 5.38. The molecule has 4 nitrogen and oxygen atoms in total. The van der Waals surface area contributed by atoms with Crippen molar-refractivity contribution < 1.29 is 67.7 Å². The van der Waals surface area contributed by atoms with Crippen LogP contribution in [-0.4, -0.2) is 11.0 Å². The second kappa shape index (κ2) is 9.80. The van der Waals surface area contributed by atoms with E-state index in [-0.39, 0.29) is 63.8 Å². The number of pyridine rings is 1. The standard InChI is InChI=1S/C16H21FN2O2.Rb/c1-11(17)9-13-14(19-10-15(20)16(13)21)7-8-18-12-5-3-2-4-6-12;/h7-10,12,18,20H,2-6H2,1H3,(H,19,21);/q;+1/p-1/b8-7+,11-9+;. The van der Waals surface area contributed by atoms with Crippen molar-refractivity contribution in [2.45, 2.75) is 45.1 Å². The third-order valence-electron chi connectivity index (χ3n) is 3.65. The van der Waals surface area contributed by atoms with Gasteiger partial charge < -0.3 is 15.4 Å². The summed E-state index contributed by atoms with van der Waals surface area (Å²) in [6, 6.07) is 0.447. The predicted octanol–water partition coefficient (Wildman–Crippen LogP) is -0.324. The minimum Gasteiger partial charge on any atom is -0.869 e. The molecule has 1 saturated carbocycles. The largest absolute Gasteiger partial charge is 1.00 e. The zero-order valence-electron chi connectivity index (χ0n) is 13.1. The molecule has 0 amide bonds. The van der Waals surface area contributed by atoms with Crippen molar-refractivity contribution in [2.75, 3.05) is 0 Å². The molecule has 22 heavy (non-hydrogen) atoms. The smallest absolute Gasteiger partial charge is 0.869 e. The average Bonchev–Trinajstić information content (AvgIpc) is 2.47. The zero-order valence-corrected chi connectivity index (χ0v) is 18.0. The number of hydrogen-bond acceptors (Lipinski definition) is 3. The van der Waals surface area contributed by atoms with Crippen LogP contribution in [0.5, 0.6) is 5.75 Å². The van der Waals surface area contributed by atoms with E-state index < -0.39 is 17.0 Å². The average molecular weight is 377 g/mol. The van der Waals surface area contributed by atoms with E-state index in [4.69, 9.17) is 0 Å². The Labute approximate surface area is 178 Å². The topological polar surface area (TPSA) is 67.9 Å². The normalized spacial score (nSPS) is 16.5. The van der Waals surface area contributed by atoms with Crippen molar-refractivity contribution in [3.8, 4) is 5.75 Å². The SMILES string of the molecule is C/C(F)=C\c1c(/C=C/NC2CCCCC2)[nH]cc([O-])c1=O.[Rb+]. The van der Waals surface area contributed by atoms with Crippen LogP contribution in [-0.2, 0) is 0 Å². The van der Waals surface area contributed by atoms with Crippen molar-refractivity contribution in [3.63, 3.8) is 0 Å². The van der Waals surface area contributed by atoms with Gasteiger partial charge in [0.1, 0.15) is 0 Å². The van der Waals surface area contributed by atoms with Crippen molar-refractivity contribution >= 4 is 12.2 Å². The van der Waals surface area contributed by atoms with Gasteiger partial charge in [-0.25, -0.2) is 4.39 Å². The molecule has 6 heteroatoms. The summed E-state index contributed by atoms with van der Waals surface area (Å²) >= 11 is 0. The number of allylic oxidation sites excluding steroid dienone is 1. The van der Waals surface area contributed by atoms with Crippen molar-refractivity contribution in [1.29, 1.82) is 0 Å². The Hall–Kier alpha value is -0.235. The quantitative estimate of drug-likeness (QED) is 0.756. The molecule has 0 spiro atoms. The Bertz CT molecular complexity index is 601. The number of halogens is 1. The van der Waals surface area contributed by atoms with Gasteiger partial charge in [-0.2, -0.15) is 0 Å². The third-order valence-corrected chi connectivity index (χ3v) is 3.65. The maximum atomic E-state index is 13.1. The van der Waals surface area contributed by atoms with E-state index in [0.29, 0.717) is 11.7 Å². The van der Waals surface area contributed by atoms with E-state index in [1.165, 1.54) is 26.2 Å². The van der Waals surface area contributed by atoms with Crippen LogP contribution in [0.2, 0.25) is 0 Å². The van der Waals surface area contributed by atoms with Gasteiger partial charge in [0, 0.05) is 11.6 Å². The fourth-order valence-electron chi connectivity index (χ4n) is 2.56. The summed E-state index contributed by atoms with van der Waals surface area (Å²) in [5, 5.41) is 14.6. The predicted molar refractivity (Wildman–Crippen MR) is 80.3 cm³/mol. The molecular formula is C16H20FN2O2Rb. The molecule has 0 aromatic carbocycles. The molecule has 0 saturated heterocycles. The first-order valence-corrected chi connectivity index (χ1v) is 7.27. The molecule has 1 fully saturated rings. The summed E-state index contributed by atoms with van der Waals surface area (Å²) in [4.78, 5) is 14.5. The molecule has 2 N–H and O–H groups in total. The molecule has 0 bridgehead atoms. The van der Waals surface area contributed by atoms with Gasteiger partial charge in [-0.3, -0.25) is 4.79 Å². The van der Waals surface area contributed by atoms with Crippen LogP contribution in [0.3, 0.4) is 0 Å². The first kappa shape index (κ1) is 19.8. The van der Waals surface area contributed by atoms with E-state index in [1.807, 2.05) is 0 Å². The molecule has 0 aliphatic heterocycles. The van der Waals surface area contributed by atoms with Crippen molar-refractivity contribution in [1.82, 2.24) is 10.3 Å². The fourth-order valence-corrected chi connectivity index (χ4v) is 2.56. The van der Waals surface area contributed by atoms with Gasteiger partial charge in [-0.05, 0) is 50.1 Å². The number of nitrogens with one attached hydrogen (secondary N) is 2. The molecule has 1 aliphatic rings. The molecule has 1 aliphatic carbocycles. The molecule has 1 heterocycles. The van der Waals surface area contributed by atoms with E-state index in [9.17, 15) is 14.3 Å². The molecule has 0 unspecified atom stereocenters. The zero-order chi connectivity index (χ0) is 15.2. The maximum Gasteiger partial charge on any atom is 1.00 e. The summed E-state index contributed by atoms with van der Waals surface area (Å²) in [5.74, 6) is -1.18. The molecule has 0 radical (unpaired) electrons. The number of aromatic amines is 1. The first-order chi connectivity index (χ1) is 10.1. The van der Waals surface area contributed by atoms with Crippen molar-refractivity contribution in [3.05, 3.63) is 39.7 Å². The Balaban J connectivity index is 0.00000242. The Kier molecular flexibility index (Phi) is 8.83. The van der Waals surface area contributed by atoms with Gasteiger partial charge in [-0.15, -0.1) is 0 Å². The second-order valence-electron chi connectivity index (χ2n) is 5.38. The molecule has 1 aromatic rings. The van der Waals surface area contributed by atoms with E-state index in [0.717, 1.165) is 25.1 Å². The Morgan fingerprint density at radius 3 is 2.73 bits per heavy atom. The minimum atomic E-state index is -0.692. The first-order valence-electron chi connectivity index (χ1n) is 7.27. The third kappa shape index (κ3) is 5.76. The van der Waals surface area contributed by atoms with Gasteiger partial charge in [0.05, 0.1) is 11.5 Å². The van der Waals surface area contributed by atoms with Gasteiger partial charge in [0.25, 0.3) is 0 Å². The van der Waals surface area contributed by atoms with Gasteiger partial charge >= 0.3 is 58.2 Å². The van der Waals surface area contributed by atoms with Gasteiger partial charge in [0.15, 0.2) is 5.43 Å². The minimum absolute atomic E-state index is 0. The van der Waals surface area contributed by atoms with Crippen LogP contribution in [0.25, 0.3) is 12.2 Å².